The topological polar surface area (TPSA) is 30.0 Å². The molecule has 0 saturated heterocycles. The molecule has 1 rings (SSSR count). The van der Waals surface area contributed by atoms with E-state index < -0.39 is 0 Å². The molecule has 0 radical (unpaired) electrons. The summed E-state index contributed by atoms with van der Waals surface area (Å²) in [5.74, 6) is 0. The lowest BCUT2D eigenvalue weighted by Gasteiger charge is -2.36. The van der Waals surface area contributed by atoms with Gasteiger partial charge in [0.15, 0.2) is 0 Å². The normalized spacial score (nSPS) is 10.9. The molecule has 2 nitrogen and oxygen atoms in total. The van der Waals surface area contributed by atoms with Gasteiger partial charge in [-0.05, 0) is 33.8 Å². The molecule has 1 aromatic rings. The molecule has 0 spiro atoms. The third kappa shape index (κ3) is 2.58. The van der Waals surface area contributed by atoms with Gasteiger partial charge >= 0.3 is 0 Å². The number of hydrogen-bond donors (Lipinski definition) is 0. The molecule has 86 valence electrons. The van der Waals surface area contributed by atoms with Crippen molar-refractivity contribution in [1.29, 1.82) is 0 Å². The molecular formula is C13H23NO. The summed E-state index contributed by atoms with van der Waals surface area (Å²) in [6.45, 7) is 12.6. The highest BCUT2D eigenvalue weighted by molar-refractivity contribution is 5.49. The van der Waals surface area contributed by atoms with E-state index in [0.29, 0.717) is 0 Å². The maximum Gasteiger partial charge on any atom is 0.135 e. The molecule has 0 aliphatic rings. The average Bonchev–Trinajstić information content (AvgIpc) is 2.24. The average molecular weight is 209 g/mol. The van der Waals surface area contributed by atoms with E-state index in [1.54, 1.807) is 0 Å². The van der Waals surface area contributed by atoms with Gasteiger partial charge < -0.3 is 5.48 Å². The van der Waals surface area contributed by atoms with Gasteiger partial charge in [0, 0.05) is 5.56 Å². The monoisotopic (exact) mass is 209 g/mol. The molecule has 0 aliphatic heterocycles. The molecule has 2 heteroatoms. The van der Waals surface area contributed by atoms with Crippen molar-refractivity contribution in [3.63, 3.8) is 0 Å². The molecule has 1 aromatic carbocycles. The van der Waals surface area contributed by atoms with Crippen molar-refractivity contribution in [3.05, 3.63) is 29.8 Å². The Labute approximate surface area is 93.4 Å². The van der Waals surface area contributed by atoms with Crippen LogP contribution in [0.5, 0.6) is 0 Å². The Morgan fingerprint density at radius 2 is 1.40 bits per heavy atom. The van der Waals surface area contributed by atoms with Crippen molar-refractivity contribution < 1.29 is 5.48 Å². The lowest BCUT2D eigenvalue weighted by Crippen LogP contribution is -2.49. The van der Waals surface area contributed by atoms with E-state index in [0.717, 1.165) is 4.48 Å². The summed E-state index contributed by atoms with van der Waals surface area (Å²) in [6.07, 6.45) is 0. The first-order chi connectivity index (χ1) is 6.70. The zero-order valence-corrected chi connectivity index (χ0v) is 10.3. The number of benzene rings is 1. The minimum Gasteiger partial charge on any atom is -0.870 e. The summed E-state index contributed by atoms with van der Waals surface area (Å²) in [6, 6.07) is 8.75. The Kier molecular flexibility index (Phi) is 5.55. The predicted molar refractivity (Wildman–Crippen MR) is 66.5 cm³/mol. The highest BCUT2D eigenvalue weighted by atomic mass is 16.0. The number of aryl methyl sites for hydroxylation is 1. The molecule has 0 saturated carbocycles. The minimum absolute atomic E-state index is 0. The SMILES string of the molecule is CC[N+](CC)(CC)c1ccccc1C.[OH-]. The largest absolute Gasteiger partial charge is 0.870 e. The summed E-state index contributed by atoms with van der Waals surface area (Å²) >= 11 is 0. The van der Waals surface area contributed by atoms with Gasteiger partial charge in [0.05, 0.1) is 19.6 Å². The maximum absolute atomic E-state index is 2.28. The van der Waals surface area contributed by atoms with Gasteiger partial charge in [-0.3, -0.25) is 4.48 Å². The first-order valence-electron chi connectivity index (χ1n) is 5.62. The van der Waals surface area contributed by atoms with Crippen LogP contribution in [0, 0.1) is 6.92 Å². The van der Waals surface area contributed by atoms with Crippen LogP contribution < -0.4 is 4.48 Å². The fraction of sp³-hybridized carbons (Fsp3) is 0.538. The second-order valence-electron chi connectivity index (χ2n) is 3.88. The van der Waals surface area contributed by atoms with Crippen molar-refractivity contribution in [2.24, 2.45) is 0 Å². The third-order valence-corrected chi connectivity index (χ3v) is 3.44. The zero-order valence-electron chi connectivity index (χ0n) is 10.3. The standard InChI is InChI=1S/C13H22N.H2O/c1-5-14(6-2,7-3)13-11-9-8-10-12(13)4;/h8-11H,5-7H2,1-4H3;1H2/q+1;/p-1. The van der Waals surface area contributed by atoms with Gasteiger partial charge in [0.25, 0.3) is 0 Å². The van der Waals surface area contributed by atoms with Crippen LogP contribution >= 0.6 is 0 Å². The Balaban J connectivity index is 0.00000196. The van der Waals surface area contributed by atoms with Crippen LogP contribution in [-0.4, -0.2) is 25.1 Å². The lowest BCUT2D eigenvalue weighted by molar-refractivity contribution is 0.314. The summed E-state index contributed by atoms with van der Waals surface area (Å²) < 4.78 is 1.10. The maximum atomic E-state index is 2.28. The molecule has 0 amide bonds. The number of para-hydroxylation sites is 1. The summed E-state index contributed by atoms with van der Waals surface area (Å²) in [4.78, 5) is 0. The van der Waals surface area contributed by atoms with E-state index in [2.05, 4.69) is 52.0 Å². The molecule has 1 N–H and O–H groups in total. The van der Waals surface area contributed by atoms with Gasteiger partial charge in [0.1, 0.15) is 5.69 Å². The first-order valence-corrected chi connectivity index (χ1v) is 5.62. The van der Waals surface area contributed by atoms with Gasteiger partial charge in [-0.25, -0.2) is 0 Å². The van der Waals surface area contributed by atoms with E-state index in [1.165, 1.54) is 30.9 Å². The summed E-state index contributed by atoms with van der Waals surface area (Å²) in [5, 5.41) is 0. The second-order valence-corrected chi connectivity index (χ2v) is 3.88. The van der Waals surface area contributed by atoms with Gasteiger partial charge in [-0.2, -0.15) is 0 Å². The van der Waals surface area contributed by atoms with E-state index in [-0.39, 0.29) is 5.48 Å². The van der Waals surface area contributed by atoms with Gasteiger partial charge in [-0.1, -0.05) is 18.2 Å². The fourth-order valence-corrected chi connectivity index (χ4v) is 2.28. The highest BCUT2D eigenvalue weighted by Gasteiger charge is 2.25. The molecule has 15 heavy (non-hydrogen) atoms. The van der Waals surface area contributed by atoms with Crippen LogP contribution in [0.15, 0.2) is 24.3 Å². The Bertz CT molecular complexity index is 284. The molecule has 0 aliphatic carbocycles. The first kappa shape index (κ1) is 14.1. The van der Waals surface area contributed by atoms with Gasteiger partial charge in [-0.15, -0.1) is 0 Å². The van der Waals surface area contributed by atoms with Crippen molar-refractivity contribution in [3.8, 4) is 0 Å². The molecule has 0 bridgehead atoms. The zero-order chi connectivity index (χ0) is 10.6. The van der Waals surface area contributed by atoms with Crippen LogP contribution in [-0.2, 0) is 0 Å². The van der Waals surface area contributed by atoms with Crippen LogP contribution in [0.2, 0.25) is 0 Å². The third-order valence-electron chi connectivity index (χ3n) is 3.44. The quantitative estimate of drug-likeness (QED) is 0.700. The Morgan fingerprint density at radius 1 is 0.933 bits per heavy atom. The summed E-state index contributed by atoms with van der Waals surface area (Å²) in [7, 11) is 0. The molecule has 0 unspecified atom stereocenters. The molecule has 0 fully saturated rings. The van der Waals surface area contributed by atoms with Gasteiger partial charge in [0.2, 0.25) is 0 Å². The smallest absolute Gasteiger partial charge is 0.135 e. The lowest BCUT2D eigenvalue weighted by atomic mass is 10.1. The predicted octanol–water partition coefficient (Wildman–Crippen LogP) is 3.19. The number of rotatable bonds is 4. The van der Waals surface area contributed by atoms with E-state index >= 15 is 0 Å². The minimum atomic E-state index is 0. The molecular weight excluding hydrogens is 186 g/mol. The number of nitrogens with zero attached hydrogens (tertiary/aromatic N) is 1. The molecule has 0 aromatic heterocycles. The van der Waals surface area contributed by atoms with Crippen molar-refractivity contribution in [2.45, 2.75) is 27.7 Å². The Morgan fingerprint density at radius 3 is 1.80 bits per heavy atom. The van der Waals surface area contributed by atoms with Crippen molar-refractivity contribution >= 4 is 5.69 Å². The van der Waals surface area contributed by atoms with Crippen LogP contribution in [0.1, 0.15) is 26.3 Å². The van der Waals surface area contributed by atoms with Crippen LogP contribution in [0.25, 0.3) is 0 Å². The highest BCUT2D eigenvalue weighted by Crippen LogP contribution is 2.26. The van der Waals surface area contributed by atoms with Crippen molar-refractivity contribution in [2.75, 3.05) is 19.6 Å². The fourth-order valence-electron chi connectivity index (χ4n) is 2.28. The number of quaternary nitrogens is 1. The van der Waals surface area contributed by atoms with E-state index in [9.17, 15) is 0 Å². The van der Waals surface area contributed by atoms with Crippen molar-refractivity contribution in [1.82, 2.24) is 4.48 Å². The number of hydrogen-bond acceptors (Lipinski definition) is 1. The molecule has 0 heterocycles. The van der Waals surface area contributed by atoms with Crippen LogP contribution in [0.3, 0.4) is 0 Å². The molecule has 0 atom stereocenters. The van der Waals surface area contributed by atoms with E-state index in [1.807, 2.05) is 0 Å². The van der Waals surface area contributed by atoms with E-state index in [4.69, 9.17) is 0 Å². The summed E-state index contributed by atoms with van der Waals surface area (Å²) in [5.41, 5.74) is 2.90. The second kappa shape index (κ2) is 5.89. The Hall–Kier alpha value is -0.860. The van der Waals surface area contributed by atoms with Crippen LogP contribution in [0.4, 0.5) is 5.69 Å².